The molecular weight excluding hydrogens is 328 g/mol. The van der Waals surface area contributed by atoms with Gasteiger partial charge in [-0.3, -0.25) is 0 Å². The van der Waals surface area contributed by atoms with E-state index in [9.17, 15) is 15.0 Å². The first-order valence-electron chi connectivity index (χ1n) is 9.21. The second-order valence-electron chi connectivity index (χ2n) is 7.92. The zero-order valence-electron chi connectivity index (χ0n) is 16.2. The van der Waals surface area contributed by atoms with E-state index in [1.807, 2.05) is 13.0 Å². The number of hydrogen-bond donors (Lipinski definition) is 2. The summed E-state index contributed by atoms with van der Waals surface area (Å²) >= 11 is 0. The summed E-state index contributed by atoms with van der Waals surface area (Å²) in [5.41, 5.74) is 2.29. The van der Waals surface area contributed by atoms with Crippen molar-refractivity contribution in [3.05, 3.63) is 53.1 Å². The summed E-state index contributed by atoms with van der Waals surface area (Å²) in [6, 6.07) is 6.02. The predicted molar refractivity (Wildman–Crippen MR) is 103 cm³/mol. The Bertz CT molecular complexity index is 683. The van der Waals surface area contributed by atoms with Crippen LogP contribution in [0.3, 0.4) is 0 Å². The summed E-state index contributed by atoms with van der Waals surface area (Å²) in [6.07, 6.45) is 6.46. The van der Waals surface area contributed by atoms with Crippen molar-refractivity contribution in [2.24, 2.45) is 5.41 Å². The van der Waals surface area contributed by atoms with Gasteiger partial charge in [-0.1, -0.05) is 31.6 Å². The zero-order valence-corrected chi connectivity index (χ0v) is 16.2. The molecule has 2 rings (SSSR count). The van der Waals surface area contributed by atoms with Crippen molar-refractivity contribution in [1.29, 1.82) is 0 Å². The van der Waals surface area contributed by atoms with Crippen LogP contribution in [0.1, 0.15) is 63.7 Å². The van der Waals surface area contributed by atoms with Crippen LogP contribution >= 0.6 is 0 Å². The summed E-state index contributed by atoms with van der Waals surface area (Å²) < 4.78 is 5.72. The van der Waals surface area contributed by atoms with Crippen molar-refractivity contribution in [3.8, 4) is 5.75 Å². The Balaban J connectivity index is 2.25. The third kappa shape index (κ3) is 5.46. The lowest BCUT2D eigenvalue weighted by Crippen LogP contribution is -2.29. The van der Waals surface area contributed by atoms with Gasteiger partial charge in [0.05, 0.1) is 11.7 Å². The maximum atomic E-state index is 12.5. The average Bonchev–Trinajstić information content (AvgIpc) is 2.59. The lowest BCUT2D eigenvalue weighted by molar-refractivity contribution is 0.0368. The number of esters is 1. The van der Waals surface area contributed by atoms with Crippen LogP contribution in [0, 0.1) is 5.41 Å². The molecule has 4 heteroatoms. The van der Waals surface area contributed by atoms with Crippen LogP contribution in [-0.4, -0.2) is 28.4 Å². The number of phenolic OH excluding ortho intramolecular Hbond substituents is 1. The quantitative estimate of drug-likeness (QED) is 0.590. The molecule has 0 amide bonds. The van der Waals surface area contributed by atoms with Crippen molar-refractivity contribution >= 4 is 5.97 Å². The molecule has 4 nitrogen and oxygen atoms in total. The smallest absolute Gasteiger partial charge is 0.338 e. The summed E-state index contributed by atoms with van der Waals surface area (Å²) in [6.45, 7) is 8.13. The van der Waals surface area contributed by atoms with Gasteiger partial charge in [0.2, 0.25) is 0 Å². The van der Waals surface area contributed by atoms with Crippen LogP contribution in [0.15, 0.2) is 47.6 Å². The maximum absolute atomic E-state index is 12.5. The van der Waals surface area contributed by atoms with Crippen LogP contribution < -0.4 is 0 Å². The molecule has 2 N–H and O–H groups in total. The highest BCUT2D eigenvalue weighted by molar-refractivity contribution is 5.89. The molecule has 142 valence electrons. The van der Waals surface area contributed by atoms with E-state index in [4.69, 9.17) is 4.74 Å². The van der Waals surface area contributed by atoms with Crippen molar-refractivity contribution in [1.82, 2.24) is 0 Å². The van der Waals surface area contributed by atoms with Gasteiger partial charge in [0.15, 0.2) is 0 Å². The Hall–Kier alpha value is -2.07. The largest absolute Gasteiger partial charge is 0.508 e. The van der Waals surface area contributed by atoms with Crippen LogP contribution in [0.4, 0.5) is 0 Å². The highest BCUT2D eigenvalue weighted by Crippen LogP contribution is 2.31. The van der Waals surface area contributed by atoms with Gasteiger partial charge in [-0.05, 0) is 68.4 Å². The third-order valence-corrected chi connectivity index (χ3v) is 5.15. The number of aliphatic hydroxyl groups is 1. The van der Waals surface area contributed by atoms with E-state index in [0.29, 0.717) is 12.0 Å². The fourth-order valence-electron chi connectivity index (χ4n) is 3.08. The van der Waals surface area contributed by atoms with Gasteiger partial charge in [0.25, 0.3) is 0 Å². The van der Waals surface area contributed by atoms with Gasteiger partial charge in [0.1, 0.15) is 11.9 Å². The van der Waals surface area contributed by atoms with Crippen molar-refractivity contribution in [3.63, 3.8) is 0 Å². The van der Waals surface area contributed by atoms with Crippen LogP contribution in [-0.2, 0) is 4.74 Å². The molecule has 0 aliphatic heterocycles. The van der Waals surface area contributed by atoms with Crippen LogP contribution in [0.25, 0.3) is 0 Å². The summed E-state index contributed by atoms with van der Waals surface area (Å²) in [5.74, 6) is -0.325. The minimum Gasteiger partial charge on any atom is -0.508 e. The number of hydrogen-bond acceptors (Lipinski definition) is 4. The first-order chi connectivity index (χ1) is 12.2. The third-order valence-electron chi connectivity index (χ3n) is 5.15. The number of carbonyl (C=O) groups is 1. The molecule has 1 aliphatic carbocycles. The number of benzene rings is 1. The Morgan fingerprint density at radius 2 is 1.85 bits per heavy atom. The number of allylic oxidation sites excluding steroid dienone is 1. The van der Waals surface area contributed by atoms with E-state index in [-0.39, 0.29) is 11.2 Å². The van der Waals surface area contributed by atoms with Crippen LogP contribution in [0.2, 0.25) is 0 Å². The molecule has 0 saturated heterocycles. The maximum Gasteiger partial charge on any atom is 0.338 e. The molecule has 0 unspecified atom stereocenters. The van der Waals surface area contributed by atoms with Gasteiger partial charge in [-0.2, -0.15) is 0 Å². The molecular formula is C22H30O4. The van der Waals surface area contributed by atoms with Gasteiger partial charge < -0.3 is 14.9 Å². The average molecular weight is 358 g/mol. The summed E-state index contributed by atoms with van der Waals surface area (Å²) in [7, 11) is 0. The molecule has 0 heterocycles. The Labute approximate surface area is 156 Å². The minimum absolute atomic E-state index is 0.108. The Morgan fingerprint density at radius 1 is 1.19 bits per heavy atom. The summed E-state index contributed by atoms with van der Waals surface area (Å²) in [4.78, 5) is 12.5. The molecule has 1 aliphatic rings. The molecule has 1 aromatic rings. The number of ether oxygens (including phenoxy) is 1. The van der Waals surface area contributed by atoms with E-state index < -0.39 is 18.2 Å². The molecule has 0 aromatic heterocycles. The van der Waals surface area contributed by atoms with Crippen LogP contribution in [0.5, 0.6) is 5.75 Å². The number of carbonyl (C=O) groups excluding carboxylic acids is 1. The fraction of sp³-hybridized carbons (Fsp3) is 0.500. The van der Waals surface area contributed by atoms with E-state index in [2.05, 4.69) is 26.8 Å². The Morgan fingerprint density at radius 3 is 2.50 bits per heavy atom. The number of phenols is 1. The molecule has 0 bridgehead atoms. The monoisotopic (exact) mass is 358 g/mol. The molecule has 0 saturated carbocycles. The topological polar surface area (TPSA) is 66.8 Å². The SMILES string of the molecule is CC1=CC[C@@H](OC(=O)c2ccc(O)cc2)C(C)=C[C@H](O)C(C)(C)CCC1. The fourth-order valence-corrected chi connectivity index (χ4v) is 3.08. The second kappa shape index (κ2) is 8.54. The predicted octanol–water partition coefficient (Wildman–Crippen LogP) is 4.77. The van der Waals surface area contributed by atoms with E-state index >= 15 is 0 Å². The van der Waals surface area contributed by atoms with E-state index in [1.165, 1.54) is 17.7 Å². The lowest BCUT2D eigenvalue weighted by Gasteiger charge is -2.29. The van der Waals surface area contributed by atoms with Gasteiger partial charge >= 0.3 is 5.97 Å². The summed E-state index contributed by atoms with van der Waals surface area (Å²) in [5, 5.41) is 20.0. The number of aliphatic hydroxyl groups excluding tert-OH is 1. The lowest BCUT2D eigenvalue weighted by atomic mass is 9.80. The highest BCUT2D eigenvalue weighted by Gasteiger charge is 2.28. The number of aromatic hydroxyl groups is 1. The van der Waals surface area contributed by atoms with Crippen molar-refractivity contribution in [2.45, 2.75) is 65.6 Å². The molecule has 0 spiro atoms. The van der Waals surface area contributed by atoms with Gasteiger partial charge in [0, 0.05) is 6.42 Å². The molecule has 2 atom stereocenters. The first kappa shape index (κ1) is 20.2. The Kier molecular flexibility index (Phi) is 6.65. The molecule has 26 heavy (non-hydrogen) atoms. The first-order valence-corrected chi connectivity index (χ1v) is 9.21. The molecule has 0 fully saturated rings. The normalized spacial score (nSPS) is 24.0. The molecule has 0 radical (unpaired) electrons. The highest BCUT2D eigenvalue weighted by atomic mass is 16.5. The minimum atomic E-state index is -0.587. The van der Waals surface area contributed by atoms with Gasteiger partial charge in [-0.15, -0.1) is 0 Å². The second-order valence-corrected chi connectivity index (χ2v) is 7.92. The standard InChI is InChI=1S/C22H30O4/c1-15-6-5-13-22(3,4)20(24)14-16(2)19(12-7-15)26-21(25)17-8-10-18(23)11-9-17/h7-11,14,19-20,23-24H,5-6,12-13H2,1-4H3/t19-,20+/m1/s1. The number of rotatable bonds is 2. The van der Waals surface area contributed by atoms with Crippen molar-refractivity contribution < 1.29 is 19.7 Å². The van der Waals surface area contributed by atoms with E-state index in [1.54, 1.807) is 12.1 Å². The van der Waals surface area contributed by atoms with Gasteiger partial charge in [-0.25, -0.2) is 4.79 Å². The van der Waals surface area contributed by atoms with Crippen molar-refractivity contribution in [2.75, 3.05) is 0 Å². The zero-order chi connectivity index (χ0) is 19.3. The van der Waals surface area contributed by atoms with E-state index in [0.717, 1.165) is 24.8 Å². The molecule has 1 aromatic carbocycles.